The predicted octanol–water partition coefficient (Wildman–Crippen LogP) is 4.36. The minimum absolute atomic E-state index is 0.00955. The van der Waals surface area contributed by atoms with E-state index in [0.29, 0.717) is 10.9 Å². The molecule has 1 aromatic heterocycles. The third-order valence-corrected chi connectivity index (χ3v) is 8.35. The van der Waals surface area contributed by atoms with Gasteiger partial charge < -0.3 is 32.7 Å². The van der Waals surface area contributed by atoms with Crippen LogP contribution in [0, 0.1) is 6.92 Å². The third-order valence-electron chi connectivity index (χ3n) is 7.89. The van der Waals surface area contributed by atoms with E-state index < -0.39 is 71.2 Å². The smallest absolute Gasteiger partial charge is 0.338 e. The van der Waals surface area contributed by atoms with Crippen molar-refractivity contribution in [1.82, 2.24) is 0 Å². The van der Waals surface area contributed by atoms with Crippen molar-refractivity contribution in [3.05, 3.63) is 148 Å². The molecule has 1 aliphatic heterocycles. The number of esters is 3. The van der Waals surface area contributed by atoms with Crippen LogP contribution in [0.25, 0.3) is 11.0 Å². The van der Waals surface area contributed by atoms with Crippen LogP contribution in [0.4, 0.5) is 0 Å². The van der Waals surface area contributed by atoms with Gasteiger partial charge in [-0.3, -0.25) is 4.18 Å². The van der Waals surface area contributed by atoms with E-state index in [0.717, 1.165) is 0 Å². The number of fused-ring (bicyclic) bond motifs is 1. The number of benzene rings is 4. The Balaban J connectivity index is 1.43. The van der Waals surface area contributed by atoms with E-state index in [2.05, 4.69) is 0 Å². The third kappa shape index (κ3) is 8.70. The Labute approximate surface area is 296 Å². The number of hydrogen-bond acceptors (Lipinski definition) is 14. The van der Waals surface area contributed by atoms with Crippen molar-refractivity contribution >= 4 is 39.3 Å². The maximum absolute atomic E-state index is 13.5. The second kappa shape index (κ2) is 15.6. The van der Waals surface area contributed by atoms with E-state index in [1.807, 2.05) is 0 Å². The Morgan fingerprint density at radius 2 is 1.25 bits per heavy atom. The Kier molecular flexibility index (Phi) is 10.8. The lowest BCUT2D eigenvalue weighted by molar-refractivity contribution is -0.271. The molecule has 6 rings (SSSR count). The molecular formula is C37H29O14S-. The number of aryl methyl sites for hydroxylation is 1. The first kappa shape index (κ1) is 35.9. The van der Waals surface area contributed by atoms with Crippen molar-refractivity contribution in [2.75, 3.05) is 6.61 Å². The maximum Gasteiger partial charge on any atom is 0.338 e. The van der Waals surface area contributed by atoms with E-state index in [1.165, 1.54) is 54.6 Å². The summed E-state index contributed by atoms with van der Waals surface area (Å²) in [5.74, 6) is -2.83. The molecule has 14 nitrogen and oxygen atoms in total. The van der Waals surface area contributed by atoms with Gasteiger partial charge in [-0.1, -0.05) is 54.6 Å². The molecule has 268 valence electrons. The molecule has 0 radical (unpaired) electrons. The van der Waals surface area contributed by atoms with E-state index in [1.54, 1.807) is 67.6 Å². The molecule has 2 heterocycles. The van der Waals surface area contributed by atoms with Gasteiger partial charge in [0, 0.05) is 17.5 Å². The molecule has 0 unspecified atom stereocenters. The van der Waals surface area contributed by atoms with Gasteiger partial charge in [0.05, 0.1) is 16.7 Å². The zero-order valence-electron chi connectivity index (χ0n) is 27.2. The van der Waals surface area contributed by atoms with Crippen molar-refractivity contribution in [1.29, 1.82) is 0 Å². The van der Waals surface area contributed by atoms with Crippen molar-refractivity contribution < 1.29 is 59.6 Å². The van der Waals surface area contributed by atoms with Crippen LogP contribution in [0.15, 0.2) is 124 Å². The van der Waals surface area contributed by atoms with E-state index in [4.69, 9.17) is 32.3 Å². The lowest BCUT2D eigenvalue weighted by Gasteiger charge is -2.44. The fraction of sp³-hybridized carbons (Fsp3) is 0.189. The Morgan fingerprint density at radius 3 is 1.81 bits per heavy atom. The summed E-state index contributed by atoms with van der Waals surface area (Å²) in [5, 5.41) is 0.582. The Hall–Kier alpha value is -5.87. The van der Waals surface area contributed by atoms with Crippen LogP contribution in [-0.4, -0.2) is 68.2 Å². The van der Waals surface area contributed by atoms with Gasteiger partial charge >= 0.3 is 23.5 Å². The summed E-state index contributed by atoms with van der Waals surface area (Å²) in [6.45, 7) is 0.957. The Morgan fingerprint density at radius 1 is 0.712 bits per heavy atom. The molecule has 0 amide bonds. The summed E-state index contributed by atoms with van der Waals surface area (Å²) in [6, 6.07) is 28.7. The van der Waals surface area contributed by atoms with Gasteiger partial charge in [0.2, 0.25) is 22.8 Å². The SMILES string of the molecule is Cc1cc(=O)oc2cc(O[C@H]3O[C@@H](COC(=O)c4ccccc4)[C@@H](OS(=O)(=O)[O-])[C@@H](OC(=O)c4ccccc4)[C@H]3OC(=O)c3ccccc3)ccc12. The summed E-state index contributed by atoms with van der Waals surface area (Å²) < 4.78 is 75.9. The quantitative estimate of drug-likeness (QED) is 0.0612. The van der Waals surface area contributed by atoms with Crippen LogP contribution in [0.5, 0.6) is 5.75 Å². The molecule has 0 aliphatic carbocycles. The first-order valence-electron chi connectivity index (χ1n) is 15.7. The summed E-state index contributed by atoms with van der Waals surface area (Å²) in [5.41, 5.74) is 0.316. The first-order valence-corrected chi connectivity index (χ1v) is 17.0. The highest BCUT2D eigenvalue weighted by atomic mass is 32.3. The van der Waals surface area contributed by atoms with Crippen LogP contribution in [0.2, 0.25) is 0 Å². The summed E-state index contributed by atoms with van der Waals surface area (Å²) in [7, 11) is -5.58. The molecule has 1 saturated heterocycles. The topological polar surface area (TPSA) is 194 Å². The molecule has 0 bridgehead atoms. The fourth-order valence-electron chi connectivity index (χ4n) is 5.48. The van der Waals surface area contributed by atoms with Crippen molar-refractivity contribution in [3.63, 3.8) is 0 Å². The Bertz CT molecular complexity index is 2220. The second-order valence-electron chi connectivity index (χ2n) is 11.5. The van der Waals surface area contributed by atoms with Gasteiger partial charge in [0.25, 0.3) is 0 Å². The lowest BCUT2D eigenvalue weighted by Crippen LogP contribution is -2.63. The largest absolute Gasteiger partial charge is 0.726 e. The molecule has 1 fully saturated rings. The zero-order chi connectivity index (χ0) is 36.8. The zero-order valence-corrected chi connectivity index (χ0v) is 28.0. The molecular weight excluding hydrogens is 700 g/mol. The predicted molar refractivity (Wildman–Crippen MR) is 179 cm³/mol. The van der Waals surface area contributed by atoms with Gasteiger partial charge in [-0.2, -0.15) is 0 Å². The average Bonchev–Trinajstić information content (AvgIpc) is 3.13. The normalized spacial score (nSPS) is 20.1. The van der Waals surface area contributed by atoms with Gasteiger partial charge in [-0.05, 0) is 61.0 Å². The highest BCUT2D eigenvalue weighted by Gasteiger charge is 2.54. The molecule has 5 aromatic rings. The number of ether oxygens (including phenoxy) is 5. The van der Waals surface area contributed by atoms with E-state index >= 15 is 0 Å². The summed E-state index contributed by atoms with van der Waals surface area (Å²) in [6.07, 6.45) is -9.21. The van der Waals surface area contributed by atoms with Crippen LogP contribution in [0.3, 0.4) is 0 Å². The number of hydrogen-bond donors (Lipinski definition) is 0. The van der Waals surface area contributed by atoms with Crippen molar-refractivity contribution in [2.24, 2.45) is 0 Å². The van der Waals surface area contributed by atoms with Gasteiger partial charge in [-0.25, -0.2) is 27.6 Å². The molecule has 5 atom stereocenters. The minimum atomic E-state index is -5.58. The molecule has 0 N–H and O–H groups in total. The lowest BCUT2D eigenvalue weighted by atomic mass is 9.98. The summed E-state index contributed by atoms with van der Waals surface area (Å²) >= 11 is 0. The van der Waals surface area contributed by atoms with Crippen molar-refractivity contribution in [3.8, 4) is 5.75 Å². The maximum atomic E-state index is 13.5. The molecule has 0 spiro atoms. The average molecular weight is 730 g/mol. The first-order chi connectivity index (χ1) is 24.9. The fourth-order valence-corrected chi connectivity index (χ4v) is 5.98. The summed E-state index contributed by atoms with van der Waals surface area (Å²) in [4.78, 5) is 52.0. The van der Waals surface area contributed by atoms with Gasteiger partial charge in [0.15, 0.2) is 6.10 Å². The highest BCUT2D eigenvalue weighted by Crippen LogP contribution is 2.33. The molecule has 15 heteroatoms. The van der Waals surface area contributed by atoms with Crippen LogP contribution in [-0.2, 0) is 33.5 Å². The van der Waals surface area contributed by atoms with Crippen LogP contribution >= 0.6 is 0 Å². The van der Waals surface area contributed by atoms with Crippen LogP contribution in [0.1, 0.15) is 36.6 Å². The van der Waals surface area contributed by atoms with E-state index in [-0.39, 0.29) is 28.0 Å². The highest BCUT2D eigenvalue weighted by molar-refractivity contribution is 7.80. The number of carbonyl (C=O) groups excluding carboxylic acids is 3. The monoisotopic (exact) mass is 729 g/mol. The standard InChI is InChI=1S/C37H30O14S/c1-22-19-30(38)47-28-20-26(17-18-27(22)28)46-37-33(50-36(41)25-15-9-4-10-16-25)32(49-35(40)24-13-7-3-8-14-24)31(51-52(42,43)44)29(48-37)21-45-34(39)23-11-5-2-6-12-23/h2-20,29,31-33,37H,21H2,1H3,(H,42,43,44)/p-1/t29-,31+,32+,33+,37-/m0/s1. The van der Waals surface area contributed by atoms with Gasteiger partial charge in [-0.15, -0.1) is 0 Å². The second-order valence-corrected chi connectivity index (χ2v) is 12.5. The molecule has 0 saturated carbocycles. The number of rotatable bonds is 11. The van der Waals surface area contributed by atoms with Crippen molar-refractivity contribution in [2.45, 2.75) is 37.6 Å². The molecule has 4 aromatic carbocycles. The minimum Gasteiger partial charge on any atom is -0.726 e. The molecule has 52 heavy (non-hydrogen) atoms. The van der Waals surface area contributed by atoms with E-state index in [9.17, 15) is 32.1 Å². The molecule has 1 aliphatic rings. The van der Waals surface area contributed by atoms with Gasteiger partial charge in [0.1, 0.15) is 30.1 Å². The van der Waals surface area contributed by atoms with Crippen LogP contribution < -0.4 is 10.4 Å². The number of carbonyl (C=O) groups is 3.